The van der Waals surface area contributed by atoms with Crippen LogP contribution in [-0.2, 0) is 0 Å². The summed E-state index contributed by atoms with van der Waals surface area (Å²) in [6, 6.07) is 8.26. The van der Waals surface area contributed by atoms with Crippen LogP contribution in [0.25, 0.3) is 10.1 Å². The van der Waals surface area contributed by atoms with Gasteiger partial charge in [0, 0.05) is 29.4 Å². The first-order valence-corrected chi connectivity index (χ1v) is 7.14. The fraction of sp³-hybridized carbons (Fsp3) is 0.357. The first-order valence-electron chi connectivity index (χ1n) is 6.26. The minimum absolute atomic E-state index is 0. The highest BCUT2D eigenvalue weighted by atomic mass is 35.5. The fourth-order valence-electron chi connectivity index (χ4n) is 2.38. The van der Waals surface area contributed by atoms with E-state index in [9.17, 15) is 4.79 Å². The van der Waals surface area contributed by atoms with Crippen molar-refractivity contribution in [1.82, 2.24) is 4.90 Å². The van der Waals surface area contributed by atoms with Gasteiger partial charge in [0.2, 0.25) is 0 Å². The smallest absolute Gasteiger partial charge is 0.253 e. The molecule has 0 unspecified atom stereocenters. The molecule has 3 nitrogen and oxygen atoms in total. The number of benzene rings is 1. The Morgan fingerprint density at radius 2 is 2.00 bits per heavy atom. The zero-order valence-corrected chi connectivity index (χ0v) is 12.2. The Morgan fingerprint density at radius 3 is 2.74 bits per heavy atom. The lowest BCUT2D eigenvalue weighted by molar-refractivity contribution is 0.0715. The molecular formula is C14H17ClN2OS. The molecule has 0 spiro atoms. The third-order valence-electron chi connectivity index (χ3n) is 3.53. The normalized spacial score (nSPS) is 16.4. The summed E-state index contributed by atoms with van der Waals surface area (Å²) in [5.74, 6) is 0.134. The van der Waals surface area contributed by atoms with Crippen LogP contribution in [0.15, 0.2) is 29.6 Å². The molecule has 1 aliphatic rings. The Hall–Kier alpha value is -1.10. The number of hydrogen-bond donors (Lipinski definition) is 1. The monoisotopic (exact) mass is 296 g/mol. The third kappa shape index (κ3) is 2.91. The molecule has 1 aromatic heterocycles. The number of likely N-dealkylation sites (tertiary alicyclic amines) is 1. The Balaban J connectivity index is 0.00000133. The molecule has 3 rings (SSSR count). The molecular weight excluding hydrogens is 280 g/mol. The molecule has 1 amide bonds. The summed E-state index contributed by atoms with van der Waals surface area (Å²) in [6.45, 7) is 1.56. The van der Waals surface area contributed by atoms with Gasteiger partial charge in [-0.3, -0.25) is 4.79 Å². The number of nitrogens with zero attached hydrogens (tertiary/aromatic N) is 1. The number of amides is 1. The average molecular weight is 297 g/mol. The van der Waals surface area contributed by atoms with Gasteiger partial charge in [-0.25, -0.2) is 0 Å². The van der Waals surface area contributed by atoms with Crippen molar-refractivity contribution in [2.45, 2.75) is 18.9 Å². The number of fused-ring (bicyclic) bond motifs is 1. The van der Waals surface area contributed by atoms with Crippen molar-refractivity contribution in [2.24, 2.45) is 5.73 Å². The lowest BCUT2D eigenvalue weighted by atomic mass is 10.0. The molecule has 5 heteroatoms. The molecule has 2 heterocycles. The fourth-order valence-corrected chi connectivity index (χ4v) is 3.16. The summed E-state index contributed by atoms with van der Waals surface area (Å²) in [7, 11) is 0. The first-order chi connectivity index (χ1) is 8.74. The van der Waals surface area contributed by atoms with Crippen LogP contribution in [0.1, 0.15) is 23.2 Å². The van der Waals surface area contributed by atoms with Gasteiger partial charge in [-0.15, -0.1) is 23.7 Å². The highest BCUT2D eigenvalue weighted by Crippen LogP contribution is 2.23. The van der Waals surface area contributed by atoms with Crippen molar-refractivity contribution in [3.05, 3.63) is 35.2 Å². The molecule has 1 fully saturated rings. The standard InChI is InChI=1S/C14H16N2OS.ClH/c15-12-3-6-16(7-4-12)14(17)11-1-2-13-10(9-11)5-8-18-13;/h1-2,5,8-9,12H,3-4,6-7,15H2;1H. The number of thiophene rings is 1. The molecule has 0 radical (unpaired) electrons. The zero-order valence-electron chi connectivity index (χ0n) is 10.5. The molecule has 0 atom stereocenters. The number of nitrogens with two attached hydrogens (primary N) is 1. The maximum Gasteiger partial charge on any atom is 0.253 e. The van der Waals surface area contributed by atoms with Crippen LogP contribution in [0.4, 0.5) is 0 Å². The summed E-state index contributed by atoms with van der Waals surface area (Å²) in [4.78, 5) is 14.3. The van der Waals surface area contributed by atoms with Crippen LogP contribution < -0.4 is 5.73 Å². The number of carbonyl (C=O) groups is 1. The molecule has 102 valence electrons. The van der Waals surface area contributed by atoms with E-state index in [1.165, 1.54) is 4.70 Å². The SMILES string of the molecule is Cl.NC1CCN(C(=O)c2ccc3sccc3c2)CC1. The summed E-state index contributed by atoms with van der Waals surface area (Å²) in [6.07, 6.45) is 1.82. The van der Waals surface area contributed by atoms with Crippen molar-refractivity contribution < 1.29 is 4.79 Å². The van der Waals surface area contributed by atoms with E-state index < -0.39 is 0 Å². The van der Waals surface area contributed by atoms with Crippen LogP contribution >= 0.6 is 23.7 Å². The molecule has 0 bridgehead atoms. The Kier molecular flexibility index (Phi) is 4.45. The topological polar surface area (TPSA) is 46.3 Å². The summed E-state index contributed by atoms with van der Waals surface area (Å²) in [5, 5.41) is 3.21. The van der Waals surface area contributed by atoms with Gasteiger partial charge < -0.3 is 10.6 Å². The number of halogens is 1. The maximum absolute atomic E-state index is 12.4. The van der Waals surface area contributed by atoms with E-state index in [1.54, 1.807) is 11.3 Å². The first kappa shape index (κ1) is 14.3. The second-order valence-electron chi connectivity index (χ2n) is 4.80. The van der Waals surface area contributed by atoms with E-state index in [2.05, 4.69) is 11.4 Å². The highest BCUT2D eigenvalue weighted by molar-refractivity contribution is 7.17. The van der Waals surface area contributed by atoms with Crippen molar-refractivity contribution >= 4 is 39.7 Å². The molecule has 0 aliphatic carbocycles. The number of carbonyl (C=O) groups excluding carboxylic acids is 1. The molecule has 19 heavy (non-hydrogen) atoms. The average Bonchev–Trinajstić information content (AvgIpc) is 2.86. The van der Waals surface area contributed by atoms with Crippen LogP contribution in [0, 0.1) is 0 Å². The molecule has 1 aliphatic heterocycles. The van der Waals surface area contributed by atoms with Crippen molar-refractivity contribution in [2.75, 3.05) is 13.1 Å². The van der Waals surface area contributed by atoms with Crippen molar-refractivity contribution in [3.8, 4) is 0 Å². The van der Waals surface area contributed by atoms with Gasteiger partial charge in [-0.2, -0.15) is 0 Å². The predicted octanol–water partition coefficient (Wildman–Crippen LogP) is 2.89. The highest BCUT2D eigenvalue weighted by Gasteiger charge is 2.21. The second-order valence-corrected chi connectivity index (χ2v) is 5.75. The summed E-state index contributed by atoms with van der Waals surface area (Å²) >= 11 is 1.70. The Morgan fingerprint density at radius 1 is 1.26 bits per heavy atom. The summed E-state index contributed by atoms with van der Waals surface area (Å²) in [5.41, 5.74) is 6.65. The van der Waals surface area contributed by atoms with Crippen molar-refractivity contribution in [1.29, 1.82) is 0 Å². The number of rotatable bonds is 1. The zero-order chi connectivity index (χ0) is 12.5. The number of piperidine rings is 1. The van der Waals surface area contributed by atoms with Crippen LogP contribution in [-0.4, -0.2) is 29.9 Å². The van der Waals surface area contributed by atoms with E-state index in [1.807, 2.05) is 23.1 Å². The van der Waals surface area contributed by atoms with E-state index in [4.69, 9.17) is 5.73 Å². The van der Waals surface area contributed by atoms with E-state index in [0.717, 1.165) is 36.9 Å². The van der Waals surface area contributed by atoms with Gasteiger partial charge in [-0.1, -0.05) is 0 Å². The lowest BCUT2D eigenvalue weighted by Gasteiger charge is -2.30. The third-order valence-corrected chi connectivity index (χ3v) is 4.42. The van der Waals surface area contributed by atoms with Gasteiger partial charge in [0.05, 0.1) is 0 Å². The van der Waals surface area contributed by atoms with Gasteiger partial charge in [-0.05, 0) is 47.9 Å². The molecule has 2 N–H and O–H groups in total. The van der Waals surface area contributed by atoms with Crippen LogP contribution in [0.3, 0.4) is 0 Å². The Bertz CT molecular complexity index is 576. The largest absolute Gasteiger partial charge is 0.339 e. The van der Waals surface area contributed by atoms with Gasteiger partial charge in [0.25, 0.3) is 5.91 Å². The van der Waals surface area contributed by atoms with Gasteiger partial charge in [0.15, 0.2) is 0 Å². The van der Waals surface area contributed by atoms with E-state index in [0.29, 0.717) is 0 Å². The minimum Gasteiger partial charge on any atom is -0.339 e. The predicted molar refractivity (Wildman–Crippen MR) is 82.2 cm³/mol. The molecule has 0 saturated carbocycles. The molecule has 2 aromatic rings. The number of hydrogen-bond acceptors (Lipinski definition) is 3. The van der Waals surface area contributed by atoms with Crippen LogP contribution in [0.5, 0.6) is 0 Å². The molecule has 1 saturated heterocycles. The van der Waals surface area contributed by atoms with Gasteiger partial charge in [0.1, 0.15) is 0 Å². The van der Waals surface area contributed by atoms with Crippen molar-refractivity contribution in [3.63, 3.8) is 0 Å². The molecule has 1 aromatic carbocycles. The van der Waals surface area contributed by atoms with Crippen LogP contribution in [0.2, 0.25) is 0 Å². The Labute approximate surface area is 122 Å². The van der Waals surface area contributed by atoms with E-state index in [-0.39, 0.29) is 24.4 Å². The van der Waals surface area contributed by atoms with E-state index >= 15 is 0 Å². The van der Waals surface area contributed by atoms with Gasteiger partial charge >= 0.3 is 0 Å². The maximum atomic E-state index is 12.4. The second kappa shape index (κ2) is 5.90. The summed E-state index contributed by atoms with van der Waals surface area (Å²) < 4.78 is 1.23. The lowest BCUT2D eigenvalue weighted by Crippen LogP contribution is -2.42. The minimum atomic E-state index is 0. The quantitative estimate of drug-likeness (QED) is 0.879.